The molecule has 0 radical (unpaired) electrons. The lowest BCUT2D eigenvalue weighted by Crippen LogP contribution is -1.98. The zero-order chi connectivity index (χ0) is 12.6. The van der Waals surface area contributed by atoms with Crippen molar-refractivity contribution in [3.8, 4) is 5.69 Å². The highest BCUT2D eigenvalue weighted by Crippen LogP contribution is 2.22. The normalized spacial score (nSPS) is 11.2. The first-order valence-electron chi connectivity index (χ1n) is 6.12. The molecule has 0 saturated carbocycles. The number of imidazole rings is 1. The topological polar surface area (TPSA) is 17.8 Å². The summed E-state index contributed by atoms with van der Waals surface area (Å²) in [7, 11) is 0. The predicted molar refractivity (Wildman–Crippen MR) is 71.9 cm³/mol. The second kappa shape index (κ2) is 4.36. The van der Waals surface area contributed by atoms with Gasteiger partial charge in [-0.1, -0.05) is 19.9 Å². The van der Waals surface area contributed by atoms with Gasteiger partial charge in [-0.05, 0) is 49.9 Å². The largest absolute Gasteiger partial charge is 0.304 e. The van der Waals surface area contributed by atoms with Gasteiger partial charge in [0.25, 0.3) is 0 Å². The lowest BCUT2D eigenvalue weighted by Gasteiger charge is -2.12. The Morgan fingerprint density at radius 3 is 2.29 bits per heavy atom. The van der Waals surface area contributed by atoms with Crippen LogP contribution >= 0.6 is 0 Å². The van der Waals surface area contributed by atoms with Crippen molar-refractivity contribution in [2.45, 2.75) is 40.5 Å². The molecule has 90 valence electrons. The van der Waals surface area contributed by atoms with E-state index < -0.39 is 0 Å². The van der Waals surface area contributed by atoms with Gasteiger partial charge in [-0.15, -0.1) is 0 Å². The molecule has 0 unspecified atom stereocenters. The van der Waals surface area contributed by atoms with Gasteiger partial charge in [-0.2, -0.15) is 0 Å². The summed E-state index contributed by atoms with van der Waals surface area (Å²) in [5.74, 6) is 1.62. The maximum atomic E-state index is 4.44. The average molecular weight is 228 g/mol. The van der Waals surface area contributed by atoms with Gasteiger partial charge < -0.3 is 4.57 Å². The van der Waals surface area contributed by atoms with Crippen LogP contribution in [0.3, 0.4) is 0 Å². The molecule has 2 nitrogen and oxygen atoms in total. The molecule has 0 amide bonds. The maximum absolute atomic E-state index is 4.44. The van der Waals surface area contributed by atoms with Crippen molar-refractivity contribution in [2.75, 3.05) is 0 Å². The number of benzene rings is 1. The van der Waals surface area contributed by atoms with E-state index in [2.05, 4.69) is 54.7 Å². The fourth-order valence-electron chi connectivity index (χ4n) is 2.34. The number of nitrogens with zero attached hydrogens (tertiary/aromatic N) is 2. The second-order valence-corrected chi connectivity index (χ2v) is 5.00. The zero-order valence-corrected chi connectivity index (χ0v) is 11.3. The first-order chi connectivity index (χ1) is 7.99. The molecular weight excluding hydrogens is 208 g/mol. The monoisotopic (exact) mass is 228 g/mol. The van der Waals surface area contributed by atoms with Crippen molar-refractivity contribution in [1.29, 1.82) is 0 Å². The molecule has 1 aromatic heterocycles. The molecule has 2 rings (SSSR count). The van der Waals surface area contributed by atoms with Crippen LogP contribution in [0.15, 0.2) is 24.4 Å². The Morgan fingerprint density at radius 1 is 1.12 bits per heavy atom. The molecule has 0 bridgehead atoms. The van der Waals surface area contributed by atoms with Crippen molar-refractivity contribution in [3.63, 3.8) is 0 Å². The summed E-state index contributed by atoms with van der Waals surface area (Å²) in [5.41, 5.74) is 5.03. The predicted octanol–water partition coefficient (Wildman–Crippen LogP) is 3.92. The minimum absolute atomic E-state index is 0.578. The Labute approximate surface area is 103 Å². The van der Waals surface area contributed by atoms with E-state index >= 15 is 0 Å². The minimum Gasteiger partial charge on any atom is -0.304 e. The van der Waals surface area contributed by atoms with Crippen molar-refractivity contribution in [3.05, 3.63) is 47.0 Å². The van der Waals surface area contributed by atoms with E-state index in [4.69, 9.17) is 0 Å². The fraction of sp³-hybridized carbons (Fsp3) is 0.400. The Bertz CT molecular complexity index is 536. The van der Waals surface area contributed by atoms with Crippen LogP contribution in [0.2, 0.25) is 0 Å². The number of hydrogen-bond acceptors (Lipinski definition) is 1. The molecule has 0 aliphatic carbocycles. The minimum atomic E-state index is 0.578. The van der Waals surface area contributed by atoms with Crippen LogP contribution in [0.4, 0.5) is 0 Å². The molecule has 0 spiro atoms. The van der Waals surface area contributed by atoms with Crippen molar-refractivity contribution in [2.24, 2.45) is 0 Å². The second-order valence-electron chi connectivity index (χ2n) is 5.00. The van der Waals surface area contributed by atoms with Gasteiger partial charge in [-0.25, -0.2) is 4.98 Å². The van der Waals surface area contributed by atoms with Crippen LogP contribution in [-0.4, -0.2) is 9.55 Å². The van der Waals surface area contributed by atoms with Gasteiger partial charge >= 0.3 is 0 Å². The first-order valence-corrected chi connectivity index (χ1v) is 6.12. The molecule has 0 atom stereocenters. The van der Waals surface area contributed by atoms with E-state index in [0.717, 1.165) is 11.5 Å². The summed E-state index contributed by atoms with van der Waals surface area (Å²) in [5, 5.41) is 0. The molecule has 0 N–H and O–H groups in total. The third-order valence-electron chi connectivity index (χ3n) is 3.16. The van der Waals surface area contributed by atoms with Gasteiger partial charge in [-0.3, -0.25) is 0 Å². The van der Waals surface area contributed by atoms with Crippen LogP contribution < -0.4 is 0 Å². The Balaban J connectivity index is 2.48. The van der Waals surface area contributed by atoms with E-state index in [1.807, 2.05) is 13.8 Å². The summed E-state index contributed by atoms with van der Waals surface area (Å²) in [6.45, 7) is 10.7. The third-order valence-corrected chi connectivity index (χ3v) is 3.16. The molecule has 2 heteroatoms. The summed E-state index contributed by atoms with van der Waals surface area (Å²) in [4.78, 5) is 4.44. The third kappa shape index (κ3) is 2.26. The molecule has 0 aliphatic heterocycles. The van der Waals surface area contributed by atoms with Gasteiger partial charge in [0.15, 0.2) is 0 Å². The Morgan fingerprint density at radius 2 is 1.82 bits per heavy atom. The lowest BCUT2D eigenvalue weighted by atomic mass is 9.97. The average Bonchev–Trinajstić information content (AvgIpc) is 2.57. The standard InChI is InChI=1S/C15H20N2/c1-10(2)15-7-6-14(8-11(15)3)17-9-12(4)16-13(17)5/h6-10H,1-5H3. The van der Waals surface area contributed by atoms with E-state index in [1.165, 1.54) is 16.8 Å². The SMILES string of the molecule is Cc1cn(-c2ccc(C(C)C)c(C)c2)c(C)n1. The van der Waals surface area contributed by atoms with E-state index in [-0.39, 0.29) is 0 Å². The summed E-state index contributed by atoms with van der Waals surface area (Å²) in [6, 6.07) is 6.64. The highest BCUT2D eigenvalue weighted by Gasteiger charge is 2.07. The molecule has 2 aromatic rings. The van der Waals surface area contributed by atoms with Crippen molar-refractivity contribution >= 4 is 0 Å². The van der Waals surface area contributed by atoms with Crippen molar-refractivity contribution < 1.29 is 0 Å². The number of rotatable bonds is 2. The summed E-state index contributed by atoms with van der Waals surface area (Å²) >= 11 is 0. The molecule has 0 fully saturated rings. The molecule has 17 heavy (non-hydrogen) atoms. The van der Waals surface area contributed by atoms with Crippen molar-refractivity contribution in [1.82, 2.24) is 9.55 Å². The highest BCUT2D eigenvalue weighted by molar-refractivity contribution is 5.42. The molecule has 0 aliphatic rings. The van der Waals surface area contributed by atoms with Gasteiger partial charge in [0.1, 0.15) is 5.82 Å². The van der Waals surface area contributed by atoms with Crippen LogP contribution in [-0.2, 0) is 0 Å². The summed E-state index contributed by atoms with van der Waals surface area (Å²) in [6.07, 6.45) is 2.08. The van der Waals surface area contributed by atoms with Crippen LogP contribution in [0.1, 0.15) is 42.4 Å². The first kappa shape index (κ1) is 11.9. The van der Waals surface area contributed by atoms with Gasteiger partial charge in [0.2, 0.25) is 0 Å². The fourth-order valence-corrected chi connectivity index (χ4v) is 2.34. The van der Waals surface area contributed by atoms with Crippen LogP contribution in [0.5, 0.6) is 0 Å². The number of aryl methyl sites for hydroxylation is 3. The molecule has 0 saturated heterocycles. The molecule has 1 aromatic carbocycles. The van der Waals surface area contributed by atoms with Gasteiger partial charge in [0.05, 0.1) is 5.69 Å². The zero-order valence-electron chi connectivity index (χ0n) is 11.3. The molecular formula is C15H20N2. The number of aromatic nitrogens is 2. The Kier molecular flexibility index (Phi) is 3.05. The van der Waals surface area contributed by atoms with E-state index in [1.54, 1.807) is 0 Å². The Hall–Kier alpha value is -1.57. The molecule has 1 heterocycles. The van der Waals surface area contributed by atoms with Crippen LogP contribution in [0.25, 0.3) is 5.69 Å². The number of hydrogen-bond donors (Lipinski definition) is 0. The highest BCUT2D eigenvalue weighted by atomic mass is 15.1. The maximum Gasteiger partial charge on any atom is 0.110 e. The van der Waals surface area contributed by atoms with E-state index in [9.17, 15) is 0 Å². The summed E-state index contributed by atoms with van der Waals surface area (Å²) < 4.78 is 2.15. The van der Waals surface area contributed by atoms with Crippen LogP contribution in [0, 0.1) is 20.8 Å². The quantitative estimate of drug-likeness (QED) is 0.761. The van der Waals surface area contributed by atoms with Gasteiger partial charge in [0, 0.05) is 11.9 Å². The smallest absolute Gasteiger partial charge is 0.110 e. The lowest BCUT2D eigenvalue weighted by molar-refractivity contribution is 0.853. The van der Waals surface area contributed by atoms with E-state index in [0.29, 0.717) is 5.92 Å².